The van der Waals surface area contributed by atoms with Gasteiger partial charge in [-0.15, -0.1) is 0 Å². The molecule has 1 aromatic carbocycles. The number of amides is 1. The summed E-state index contributed by atoms with van der Waals surface area (Å²) in [7, 11) is 0. The van der Waals surface area contributed by atoms with Gasteiger partial charge in [0, 0.05) is 18.9 Å². The van der Waals surface area contributed by atoms with Crippen LogP contribution in [0.15, 0.2) is 47.2 Å². The van der Waals surface area contributed by atoms with Gasteiger partial charge in [-0.05, 0) is 39.7 Å². The Morgan fingerprint density at radius 3 is 2.89 bits per heavy atom. The van der Waals surface area contributed by atoms with Crippen LogP contribution in [-0.4, -0.2) is 10.9 Å². The Balaban J connectivity index is 2.07. The van der Waals surface area contributed by atoms with Crippen LogP contribution in [-0.2, 0) is 6.54 Å². The van der Waals surface area contributed by atoms with Crippen molar-refractivity contribution in [3.8, 4) is 0 Å². The highest BCUT2D eigenvalue weighted by molar-refractivity contribution is 9.10. The lowest BCUT2D eigenvalue weighted by Gasteiger charge is -2.07. The average Bonchev–Trinajstić information content (AvgIpc) is 2.40. The summed E-state index contributed by atoms with van der Waals surface area (Å²) in [6.45, 7) is 0.357. The first-order valence-electron chi connectivity index (χ1n) is 5.29. The van der Waals surface area contributed by atoms with Gasteiger partial charge in [-0.25, -0.2) is 4.39 Å². The van der Waals surface area contributed by atoms with E-state index in [2.05, 4.69) is 26.2 Å². The van der Waals surface area contributed by atoms with E-state index in [0.717, 1.165) is 5.56 Å². The molecule has 1 heterocycles. The zero-order valence-corrected chi connectivity index (χ0v) is 10.9. The third-order valence-corrected chi connectivity index (χ3v) is 3.18. The maximum absolute atomic E-state index is 13.3. The van der Waals surface area contributed by atoms with Crippen LogP contribution in [0.4, 0.5) is 4.39 Å². The molecule has 0 aliphatic heterocycles. The minimum atomic E-state index is -0.455. The zero-order chi connectivity index (χ0) is 13.0. The van der Waals surface area contributed by atoms with E-state index in [1.807, 2.05) is 6.07 Å². The van der Waals surface area contributed by atoms with E-state index in [1.54, 1.807) is 24.5 Å². The average molecular weight is 309 g/mol. The second-order valence-electron chi connectivity index (χ2n) is 3.65. The van der Waals surface area contributed by atoms with E-state index in [9.17, 15) is 9.18 Å². The summed E-state index contributed by atoms with van der Waals surface area (Å²) in [6.07, 6.45) is 3.33. The molecule has 0 saturated heterocycles. The molecule has 0 bridgehead atoms. The van der Waals surface area contributed by atoms with Gasteiger partial charge in [-0.1, -0.05) is 12.1 Å². The van der Waals surface area contributed by atoms with Crippen LogP contribution < -0.4 is 5.32 Å². The smallest absolute Gasteiger partial charge is 0.252 e. The maximum Gasteiger partial charge on any atom is 0.252 e. The first kappa shape index (κ1) is 12.7. The molecule has 5 heteroatoms. The van der Waals surface area contributed by atoms with E-state index in [-0.39, 0.29) is 15.9 Å². The number of rotatable bonds is 3. The van der Waals surface area contributed by atoms with Crippen LogP contribution in [0.1, 0.15) is 15.9 Å². The van der Waals surface area contributed by atoms with Crippen LogP contribution in [0.25, 0.3) is 0 Å². The molecule has 0 aliphatic carbocycles. The molecular weight excluding hydrogens is 299 g/mol. The Labute approximate surface area is 112 Å². The number of halogens is 2. The quantitative estimate of drug-likeness (QED) is 0.947. The number of pyridine rings is 1. The predicted molar refractivity (Wildman–Crippen MR) is 69.5 cm³/mol. The summed E-state index contributed by atoms with van der Waals surface area (Å²) in [6, 6.07) is 8.00. The lowest BCUT2D eigenvalue weighted by Crippen LogP contribution is -2.23. The van der Waals surface area contributed by atoms with Gasteiger partial charge in [-0.2, -0.15) is 0 Å². The Morgan fingerprint density at radius 1 is 1.33 bits per heavy atom. The summed E-state index contributed by atoms with van der Waals surface area (Å²) >= 11 is 3.06. The van der Waals surface area contributed by atoms with Crippen molar-refractivity contribution in [3.63, 3.8) is 0 Å². The summed E-state index contributed by atoms with van der Waals surface area (Å²) in [5, 5.41) is 2.71. The molecule has 2 aromatic rings. The molecule has 1 amide bonds. The predicted octanol–water partition coefficient (Wildman–Crippen LogP) is 2.91. The number of hydrogen-bond donors (Lipinski definition) is 1. The summed E-state index contributed by atoms with van der Waals surface area (Å²) in [5.41, 5.74) is 1.16. The zero-order valence-electron chi connectivity index (χ0n) is 9.36. The third-order valence-electron chi connectivity index (χ3n) is 2.37. The van der Waals surface area contributed by atoms with Gasteiger partial charge < -0.3 is 5.32 Å². The van der Waals surface area contributed by atoms with E-state index in [0.29, 0.717) is 6.54 Å². The van der Waals surface area contributed by atoms with Crippen molar-refractivity contribution in [2.24, 2.45) is 0 Å². The standard InChI is InChI=1S/C13H10BrFN2O/c14-12-10(4-1-5-11(12)15)13(18)17-8-9-3-2-6-16-7-9/h1-7H,8H2,(H,17,18). The van der Waals surface area contributed by atoms with E-state index < -0.39 is 5.82 Å². The highest BCUT2D eigenvalue weighted by atomic mass is 79.9. The minimum Gasteiger partial charge on any atom is -0.348 e. The molecule has 2 rings (SSSR count). The molecule has 0 radical (unpaired) electrons. The Morgan fingerprint density at radius 2 is 2.17 bits per heavy atom. The Bertz CT molecular complexity index is 560. The highest BCUT2D eigenvalue weighted by Gasteiger charge is 2.12. The fourth-order valence-electron chi connectivity index (χ4n) is 1.46. The first-order valence-corrected chi connectivity index (χ1v) is 6.09. The lowest BCUT2D eigenvalue weighted by molar-refractivity contribution is 0.0949. The van der Waals surface area contributed by atoms with Gasteiger partial charge in [0.25, 0.3) is 5.91 Å². The van der Waals surface area contributed by atoms with Crippen LogP contribution >= 0.6 is 15.9 Å². The minimum absolute atomic E-state index is 0.175. The lowest BCUT2D eigenvalue weighted by atomic mass is 10.2. The summed E-state index contributed by atoms with van der Waals surface area (Å²) < 4.78 is 13.4. The van der Waals surface area contributed by atoms with Gasteiger partial charge in [0.2, 0.25) is 0 Å². The van der Waals surface area contributed by atoms with Crippen molar-refractivity contribution in [3.05, 3.63) is 64.1 Å². The number of hydrogen-bond acceptors (Lipinski definition) is 2. The monoisotopic (exact) mass is 308 g/mol. The molecule has 1 N–H and O–H groups in total. The molecule has 0 atom stereocenters. The number of nitrogens with zero attached hydrogens (tertiary/aromatic N) is 1. The molecule has 0 fully saturated rings. The molecule has 18 heavy (non-hydrogen) atoms. The fraction of sp³-hybridized carbons (Fsp3) is 0.0769. The van der Waals surface area contributed by atoms with Gasteiger partial charge in [0.05, 0.1) is 10.0 Å². The molecule has 0 spiro atoms. The van der Waals surface area contributed by atoms with Crippen molar-refractivity contribution in [1.29, 1.82) is 0 Å². The molecule has 3 nitrogen and oxygen atoms in total. The van der Waals surface area contributed by atoms with Crippen LogP contribution in [0.5, 0.6) is 0 Å². The SMILES string of the molecule is O=C(NCc1cccnc1)c1cccc(F)c1Br. The molecule has 0 unspecified atom stereocenters. The van der Waals surface area contributed by atoms with Crippen LogP contribution in [0.2, 0.25) is 0 Å². The molecule has 92 valence electrons. The van der Waals surface area contributed by atoms with Crippen LogP contribution in [0, 0.1) is 5.82 Å². The molecular formula is C13H10BrFN2O. The topological polar surface area (TPSA) is 42.0 Å². The van der Waals surface area contributed by atoms with Crippen molar-refractivity contribution < 1.29 is 9.18 Å². The van der Waals surface area contributed by atoms with E-state index in [1.165, 1.54) is 12.1 Å². The molecule has 0 saturated carbocycles. The summed E-state index contributed by atoms with van der Waals surface area (Å²) in [5.74, 6) is -0.783. The van der Waals surface area contributed by atoms with Crippen molar-refractivity contribution in [2.75, 3.05) is 0 Å². The third kappa shape index (κ3) is 2.92. The van der Waals surface area contributed by atoms with Gasteiger partial charge in [0.1, 0.15) is 5.82 Å². The Hall–Kier alpha value is -1.75. The number of benzene rings is 1. The molecule has 0 aliphatic rings. The highest BCUT2D eigenvalue weighted by Crippen LogP contribution is 2.20. The van der Waals surface area contributed by atoms with Gasteiger partial charge in [0.15, 0.2) is 0 Å². The number of carbonyl (C=O) groups excluding carboxylic acids is 1. The van der Waals surface area contributed by atoms with Gasteiger partial charge >= 0.3 is 0 Å². The van der Waals surface area contributed by atoms with E-state index in [4.69, 9.17) is 0 Å². The van der Waals surface area contributed by atoms with Crippen LogP contribution in [0.3, 0.4) is 0 Å². The number of nitrogens with one attached hydrogen (secondary N) is 1. The van der Waals surface area contributed by atoms with E-state index >= 15 is 0 Å². The fourth-order valence-corrected chi connectivity index (χ4v) is 1.90. The van der Waals surface area contributed by atoms with Crippen molar-refractivity contribution in [1.82, 2.24) is 10.3 Å². The number of carbonyl (C=O) groups is 1. The summed E-state index contributed by atoms with van der Waals surface area (Å²) in [4.78, 5) is 15.8. The second kappa shape index (κ2) is 5.73. The Kier molecular flexibility index (Phi) is 4.04. The maximum atomic E-state index is 13.3. The number of aromatic nitrogens is 1. The van der Waals surface area contributed by atoms with Crippen molar-refractivity contribution in [2.45, 2.75) is 6.54 Å². The second-order valence-corrected chi connectivity index (χ2v) is 4.44. The first-order chi connectivity index (χ1) is 8.68. The largest absolute Gasteiger partial charge is 0.348 e. The van der Waals surface area contributed by atoms with Crippen molar-refractivity contribution >= 4 is 21.8 Å². The van der Waals surface area contributed by atoms with Gasteiger partial charge in [-0.3, -0.25) is 9.78 Å². The molecule has 1 aromatic heterocycles. The normalized spacial score (nSPS) is 10.1.